The van der Waals surface area contributed by atoms with E-state index in [4.69, 9.17) is 16.3 Å². The molecule has 0 atom stereocenters. The minimum Gasteiger partial charge on any atom is -0.470 e. The monoisotopic (exact) mass is 293 g/mol. The summed E-state index contributed by atoms with van der Waals surface area (Å²) < 4.78 is 7.05. The summed E-state index contributed by atoms with van der Waals surface area (Å²) in [6.45, 7) is 3.93. The molecule has 0 unspecified atom stereocenters. The van der Waals surface area contributed by atoms with Crippen molar-refractivity contribution in [2.24, 2.45) is 0 Å². The number of ether oxygens (including phenoxy) is 1. The van der Waals surface area contributed by atoms with Crippen LogP contribution in [-0.2, 0) is 6.73 Å². The number of nitrogens with one attached hydrogen (secondary N) is 1. The first-order valence-electron chi connectivity index (χ1n) is 6.28. The van der Waals surface area contributed by atoms with E-state index < -0.39 is 0 Å². The molecule has 20 heavy (non-hydrogen) atoms. The van der Waals surface area contributed by atoms with E-state index in [2.05, 4.69) is 10.4 Å². The molecule has 6 heteroatoms. The largest absolute Gasteiger partial charge is 0.470 e. The van der Waals surface area contributed by atoms with Crippen LogP contribution in [0.15, 0.2) is 36.5 Å². The van der Waals surface area contributed by atoms with Crippen LogP contribution in [0, 0.1) is 0 Å². The molecule has 0 fully saturated rings. The first-order valence-corrected chi connectivity index (χ1v) is 6.65. The standard InChI is InChI=1S/C14H16ClN3O2/c1-10(2)17-14(19)12-7-8-16-18(12)9-20-13-6-4-3-5-11(13)15/h3-8,10H,9H2,1-2H3,(H,17,19). The molecule has 1 aromatic heterocycles. The molecule has 0 saturated heterocycles. The highest BCUT2D eigenvalue weighted by atomic mass is 35.5. The van der Waals surface area contributed by atoms with Crippen LogP contribution in [-0.4, -0.2) is 21.7 Å². The Morgan fingerprint density at radius 1 is 1.40 bits per heavy atom. The van der Waals surface area contributed by atoms with Crippen LogP contribution in [0.5, 0.6) is 5.75 Å². The van der Waals surface area contributed by atoms with Crippen molar-refractivity contribution < 1.29 is 9.53 Å². The number of amides is 1. The van der Waals surface area contributed by atoms with Crippen molar-refractivity contribution in [3.8, 4) is 5.75 Å². The Balaban J connectivity index is 2.06. The van der Waals surface area contributed by atoms with Crippen LogP contribution in [0.4, 0.5) is 0 Å². The molecule has 1 aromatic carbocycles. The van der Waals surface area contributed by atoms with Crippen molar-refractivity contribution >= 4 is 17.5 Å². The Bertz CT molecular complexity index is 596. The number of hydrogen-bond donors (Lipinski definition) is 1. The summed E-state index contributed by atoms with van der Waals surface area (Å²) in [7, 11) is 0. The number of halogens is 1. The van der Waals surface area contributed by atoms with Crippen LogP contribution in [0.3, 0.4) is 0 Å². The van der Waals surface area contributed by atoms with E-state index in [0.717, 1.165) is 0 Å². The van der Waals surface area contributed by atoms with Gasteiger partial charge in [-0.3, -0.25) is 4.79 Å². The molecule has 0 spiro atoms. The van der Waals surface area contributed by atoms with E-state index in [9.17, 15) is 4.79 Å². The number of carbonyl (C=O) groups is 1. The van der Waals surface area contributed by atoms with Gasteiger partial charge in [-0.15, -0.1) is 0 Å². The first kappa shape index (κ1) is 14.4. The lowest BCUT2D eigenvalue weighted by atomic mass is 10.3. The second-order valence-electron chi connectivity index (χ2n) is 4.55. The number of aromatic nitrogens is 2. The molecule has 1 N–H and O–H groups in total. The zero-order chi connectivity index (χ0) is 14.5. The fourth-order valence-electron chi connectivity index (χ4n) is 1.66. The predicted octanol–water partition coefficient (Wildman–Crippen LogP) is 2.71. The third kappa shape index (κ3) is 3.51. The highest BCUT2D eigenvalue weighted by Crippen LogP contribution is 2.23. The summed E-state index contributed by atoms with van der Waals surface area (Å²) in [6, 6.07) is 8.87. The Morgan fingerprint density at radius 2 is 2.15 bits per heavy atom. The third-order valence-corrected chi connectivity index (χ3v) is 2.86. The molecule has 2 aromatic rings. The van der Waals surface area contributed by atoms with Gasteiger partial charge in [0.1, 0.15) is 11.4 Å². The van der Waals surface area contributed by atoms with E-state index in [0.29, 0.717) is 16.5 Å². The van der Waals surface area contributed by atoms with Crippen LogP contribution >= 0.6 is 11.6 Å². The summed E-state index contributed by atoms with van der Waals surface area (Å²) in [6.07, 6.45) is 1.56. The molecule has 0 saturated carbocycles. The number of nitrogens with zero attached hydrogens (tertiary/aromatic N) is 2. The average molecular weight is 294 g/mol. The van der Waals surface area contributed by atoms with E-state index in [-0.39, 0.29) is 18.7 Å². The molecule has 0 aliphatic carbocycles. The van der Waals surface area contributed by atoms with Crippen LogP contribution in [0.25, 0.3) is 0 Å². The van der Waals surface area contributed by atoms with Crippen LogP contribution < -0.4 is 10.1 Å². The highest BCUT2D eigenvalue weighted by Gasteiger charge is 2.13. The molecule has 0 bridgehead atoms. The molecule has 2 rings (SSSR count). The predicted molar refractivity (Wildman–Crippen MR) is 76.9 cm³/mol. The summed E-state index contributed by atoms with van der Waals surface area (Å²) in [4.78, 5) is 12.0. The molecule has 1 heterocycles. The zero-order valence-corrected chi connectivity index (χ0v) is 12.1. The molecule has 0 radical (unpaired) electrons. The lowest BCUT2D eigenvalue weighted by molar-refractivity contribution is 0.0921. The number of hydrogen-bond acceptors (Lipinski definition) is 3. The second-order valence-corrected chi connectivity index (χ2v) is 4.96. The maximum atomic E-state index is 12.0. The number of benzene rings is 1. The van der Waals surface area contributed by atoms with E-state index in [1.54, 1.807) is 24.4 Å². The van der Waals surface area contributed by atoms with Gasteiger partial charge in [-0.25, -0.2) is 4.68 Å². The molecule has 1 amide bonds. The van der Waals surface area contributed by atoms with Crippen molar-refractivity contribution in [1.29, 1.82) is 0 Å². The minimum absolute atomic E-state index is 0.0651. The fraction of sp³-hybridized carbons (Fsp3) is 0.286. The quantitative estimate of drug-likeness (QED) is 0.922. The van der Waals surface area contributed by atoms with Crippen LogP contribution in [0.1, 0.15) is 24.3 Å². The van der Waals surface area contributed by atoms with E-state index in [1.807, 2.05) is 26.0 Å². The lowest BCUT2D eigenvalue weighted by Gasteiger charge is -2.12. The summed E-state index contributed by atoms with van der Waals surface area (Å²) in [5, 5.41) is 7.41. The van der Waals surface area contributed by atoms with Crippen molar-refractivity contribution in [2.45, 2.75) is 26.6 Å². The Labute approximate surface area is 122 Å². The third-order valence-electron chi connectivity index (χ3n) is 2.55. The van der Waals surface area contributed by atoms with E-state index in [1.165, 1.54) is 4.68 Å². The molecule has 0 aliphatic heterocycles. The molecule has 0 aliphatic rings. The van der Waals surface area contributed by atoms with Gasteiger partial charge in [0.15, 0.2) is 6.73 Å². The Kier molecular flexibility index (Phi) is 4.63. The number of rotatable bonds is 5. The minimum atomic E-state index is -0.180. The lowest BCUT2D eigenvalue weighted by Crippen LogP contribution is -2.32. The van der Waals surface area contributed by atoms with Crippen molar-refractivity contribution in [3.63, 3.8) is 0 Å². The maximum Gasteiger partial charge on any atom is 0.269 e. The maximum absolute atomic E-state index is 12.0. The Morgan fingerprint density at radius 3 is 2.85 bits per heavy atom. The van der Waals surface area contributed by atoms with Gasteiger partial charge in [0.2, 0.25) is 0 Å². The normalized spacial score (nSPS) is 10.6. The van der Waals surface area contributed by atoms with Gasteiger partial charge in [-0.2, -0.15) is 5.10 Å². The van der Waals surface area contributed by atoms with Crippen molar-refractivity contribution in [1.82, 2.24) is 15.1 Å². The topological polar surface area (TPSA) is 56.2 Å². The smallest absolute Gasteiger partial charge is 0.269 e. The second kappa shape index (κ2) is 6.43. The van der Waals surface area contributed by atoms with Gasteiger partial charge in [0.05, 0.1) is 5.02 Å². The van der Waals surface area contributed by atoms with Gasteiger partial charge in [-0.05, 0) is 32.0 Å². The zero-order valence-electron chi connectivity index (χ0n) is 11.3. The average Bonchev–Trinajstić information content (AvgIpc) is 2.85. The van der Waals surface area contributed by atoms with Gasteiger partial charge >= 0.3 is 0 Å². The summed E-state index contributed by atoms with van der Waals surface area (Å²) in [5.74, 6) is 0.375. The van der Waals surface area contributed by atoms with Gasteiger partial charge in [0, 0.05) is 12.2 Å². The van der Waals surface area contributed by atoms with Crippen LogP contribution in [0.2, 0.25) is 5.02 Å². The molecule has 5 nitrogen and oxygen atoms in total. The number of para-hydroxylation sites is 1. The summed E-state index contributed by atoms with van der Waals surface area (Å²) in [5.41, 5.74) is 0.450. The van der Waals surface area contributed by atoms with E-state index >= 15 is 0 Å². The molecular weight excluding hydrogens is 278 g/mol. The van der Waals surface area contributed by atoms with Crippen molar-refractivity contribution in [3.05, 3.63) is 47.2 Å². The summed E-state index contributed by atoms with van der Waals surface area (Å²) >= 11 is 6.00. The van der Waals surface area contributed by atoms with Gasteiger partial charge < -0.3 is 10.1 Å². The highest BCUT2D eigenvalue weighted by molar-refractivity contribution is 6.32. The number of carbonyl (C=O) groups excluding carboxylic acids is 1. The fourth-order valence-corrected chi connectivity index (χ4v) is 1.85. The first-order chi connectivity index (χ1) is 9.58. The van der Waals surface area contributed by atoms with Gasteiger partial charge in [0.25, 0.3) is 5.91 Å². The molecular formula is C14H16ClN3O2. The SMILES string of the molecule is CC(C)NC(=O)c1ccnn1COc1ccccc1Cl. The molecule has 106 valence electrons. The van der Waals surface area contributed by atoms with Crippen molar-refractivity contribution in [2.75, 3.05) is 0 Å². The van der Waals surface area contributed by atoms with Gasteiger partial charge in [-0.1, -0.05) is 23.7 Å². The Hall–Kier alpha value is -2.01.